The number of aliphatic carboxylic acids is 1. The van der Waals surface area contributed by atoms with Crippen molar-refractivity contribution in [2.45, 2.75) is 432 Å². The predicted molar refractivity (Wildman–Crippen MR) is 403 cm³/mol. The lowest BCUT2D eigenvalue weighted by Gasteiger charge is -2.50. The molecule has 23 nitrogen and oxygen atoms in total. The zero-order valence-corrected chi connectivity index (χ0v) is 64.4. The Hall–Kier alpha value is -3.05. The van der Waals surface area contributed by atoms with Crippen LogP contribution in [0.15, 0.2) is 36.5 Å². The van der Waals surface area contributed by atoms with Crippen molar-refractivity contribution in [3.05, 3.63) is 36.5 Å². The van der Waals surface area contributed by atoms with Crippen molar-refractivity contribution < 1.29 is 104 Å². The van der Waals surface area contributed by atoms with Gasteiger partial charge in [-0.3, -0.25) is 9.59 Å². The van der Waals surface area contributed by atoms with E-state index in [1.54, 1.807) is 6.08 Å². The Bertz CT molecular complexity index is 2210. The fraction of sp³-hybridized carbons (Fsp3) is 0.889. The Morgan fingerprint density at radius 1 is 0.510 bits per heavy atom. The second-order valence-electron chi connectivity index (χ2n) is 30.0. The van der Waals surface area contributed by atoms with Crippen LogP contribution >= 0.6 is 0 Å². The maximum Gasteiger partial charge on any atom is 0.364 e. The van der Waals surface area contributed by atoms with Crippen molar-refractivity contribution in [3.63, 3.8) is 0 Å². The first-order valence-electron chi connectivity index (χ1n) is 41.4. The summed E-state index contributed by atoms with van der Waals surface area (Å²) in [6.45, 7) is 2.18. The van der Waals surface area contributed by atoms with Crippen LogP contribution in [0.25, 0.3) is 0 Å². The molecule has 0 radical (unpaired) electrons. The summed E-state index contributed by atoms with van der Waals surface area (Å²) in [6, 6.07) is -2.62. The van der Waals surface area contributed by atoms with Gasteiger partial charge in [-0.05, 0) is 51.4 Å². The summed E-state index contributed by atoms with van der Waals surface area (Å²) >= 11 is 0. The van der Waals surface area contributed by atoms with Gasteiger partial charge in [0.15, 0.2) is 12.6 Å². The van der Waals surface area contributed by atoms with E-state index in [1.165, 1.54) is 218 Å². The van der Waals surface area contributed by atoms with Crippen LogP contribution in [0.2, 0.25) is 0 Å². The number of allylic oxidation sites excluding steroid dienone is 5. The molecule has 3 rings (SSSR count). The molecule has 18 atom stereocenters. The first-order chi connectivity index (χ1) is 50.4. The number of carbonyl (C=O) groups excluding carboxylic acids is 2. The van der Waals surface area contributed by atoms with Gasteiger partial charge in [0.1, 0.15) is 67.1 Å². The molecule has 3 heterocycles. The van der Waals surface area contributed by atoms with Gasteiger partial charge in [0.05, 0.1) is 50.7 Å². The average Bonchev–Trinajstić information content (AvgIpc) is 0.754. The maximum atomic E-state index is 13.6. The number of carbonyl (C=O) groups is 3. The number of carboxylic acids is 1. The molecule has 0 saturated carbocycles. The molecule has 0 bridgehead atoms. The van der Waals surface area contributed by atoms with Gasteiger partial charge < -0.3 is 100 Å². The number of ether oxygens (including phenoxy) is 6. The fourth-order valence-electron chi connectivity index (χ4n) is 14.3. The quantitative estimate of drug-likeness (QED) is 0.0199. The molecule has 14 N–H and O–H groups in total. The molecule has 18 unspecified atom stereocenters. The molecule has 0 aromatic carbocycles. The smallest absolute Gasteiger partial charge is 0.364 e. The van der Waals surface area contributed by atoms with Crippen LogP contribution in [0.3, 0.4) is 0 Å². The van der Waals surface area contributed by atoms with Gasteiger partial charge >= 0.3 is 5.97 Å². The molecular weight excluding hydrogens is 1340 g/mol. The third kappa shape index (κ3) is 39.5. The molecule has 0 aromatic rings. The lowest BCUT2D eigenvalue weighted by molar-refractivity contribution is -0.386. The number of aliphatic hydroxyl groups is 11. The van der Waals surface area contributed by atoms with Crippen molar-refractivity contribution in [2.75, 3.05) is 26.4 Å². The van der Waals surface area contributed by atoms with Gasteiger partial charge in [-0.25, -0.2) is 4.79 Å². The minimum atomic E-state index is -3.08. The topological polar surface area (TPSA) is 373 Å². The van der Waals surface area contributed by atoms with Crippen LogP contribution in [-0.2, 0) is 42.8 Å². The molecule has 3 saturated heterocycles. The summed E-state index contributed by atoms with van der Waals surface area (Å²) in [5, 5.41) is 136. The number of nitrogens with one attached hydrogen (secondary N) is 2. The Morgan fingerprint density at radius 3 is 1.36 bits per heavy atom. The normalized spacial score (nSPS) is 26.5. The predicted octanol–water partition coefficient (Wildman–Crippen LogP) is 11.3. The van der Waals surface area contributed by atoms with Crippen molar-refractivity contribution >= 4 is 17.8 Å². The van der Waals surface area contributed by atoms with Crippen molar-refractivity contribution in [2.24, 2.45) is 0 Å². The molecule has 0 aliphatic carbocycles. The molecule has 3 aliphatic rings. The molecule has 104 heavy (non-hydrogen) atoms. The number of aliphatic hydroxyl groups excluding tert-OH is 11. The van der Waals surface area contributed by atoms with Crippen LogP contribution in [0.1, 0.15) is 323 Å². The number of hydrogen-bond donors (Lipinski definition) is 14. The Labute approximate surface area is 625 Å². The highest BCUT2D eigenvalue weighted by molar-refractivity contribution is 5.77. The van der Waals surface area contributed by atoms with Gasteiger partial charge in [0.2, 0.25) is 11.8 Å². The van der Waals surface area contributed by atoms with Crippen LogP contribution in [0.5, 0.6) is 0 Å². The van der Waals surface area contributed by atoms with E-state index >= 15 is 0 Å². The highest BCUT2D eigenvalue weighted by atomic mass is 16.8. The van der Waals surface area contributed by atoms with Crippen molar-refractivity contribution in [3.8, 4) is 0 Å². The molecular formula is C81H148N2O21. The van der Waals surface area contributed by atoms with E-state index in [9.17, 15) is 75.7 Å². The molecule has 0 aromatic heterocycles. The van der Waals surface area contributed by atoms with Gasteiger partial charge in [-0.2, -0.15) is 0 Å². The Morgan fingerprint density at radius 2 is 0.933 bits per heavy atom. The number of hydrogen-bond acceptors (Lipinski definition) is 20. The minimum absolute atomic E-state index is 0.198. The maximum absolute atomic E-state index is 13.6. The van der Waals surface area contributed by atoms with Crippen molar-refractivity contribution in [1.82, 2.24) is 10.6 Å². The van der Waals surface area contributed by atoms with Crippen molar-refractivity contribution in [1.29, 1.82) is 0 Å². The van der Waals surface area contributed by atoms with E-state index in [1.807, 2.05) is 6.08 Å². The lowest BCUT2D eigenvalue weighted by atomic mass is 9.88. The van der Waals surface area contributed by atoms with Gasteiger partial charge in [-0.1, -0.05) is 288 Å². The molecule has 0 spiro atoms. The fourth-order valence-corrected chi connectivity index (χ4v) is 14.3. The minimum Gasteiger partial charge on any atom is -0.477 e. The summed E-state index contributed by atoms with van der Waals surface area (Å²) in [6.07, 6.45) is 38.9. The second-order valence-corrected chi connectivity index (χ2v) is 30.0. The summed E-state index contributed by atoms with van der Waals surface area (Å²) in [4.78, 5) is 38.7. The monoisotopic (exact) mass is 1490 g/mol. The summed E-state index contributed by atoms with van der Waals surface area (Å²) in [5.74, 6) is -6.14. The summed E-state index contributed by atoms with van der Waals surface area (Å²) in [5.41, 5.74) is 0. The van der Waals surface area contributed by atoms with Gasteiger partial charge in [-0.15, -0.1) is 0 Å². The molecule has 608 valence electrons. The Balaban J connectivity index is 1.52. The number of carboxylic acid groups (broad SMARTS) is 1. The standard InChI is InChI=1S/C81H148N2O21/c1-4-6-8-10-12-14-16-18-20-22-24-26-28-29-30-31-33-35-37-39-41-43-45-47-49-51-53-55-68(91)83-62(63(88)54-52-50-48-46-44-42-40-38-36-34-32-27-25-23-21-19-17-15-13-11-9-7-5-2)60-99-78-73(95)72(94)75(67(59-86)101-78)102-79-74(96)77(71(93)66(58-85)100-79)104-81(80(97)98)56-64(89)69(82-61(3)87)76(103-81)70(92)65(90)57-84/h24,26,29-30,52,54,62-67,69-79,84-86,88-90,92-96H,4-23,25,27-28,31-51,53,55-60H2,1-3H3,(H,82,87)(H,83,91)(H,97,98)/b26-24-,30-29-,54-52+. The largest absolute Gasteiger partial charge is 0.477 e. The SMILES string of the molecule is CCCCCCCCCCC/C=C\C/C=C\CCCCCCCCCCCCCC(=O)NC(COC1OC(CO)C(OC2OC(CO)C(O)C(OC3(C(=O)O)CC(O)C(NC(C)=O)C(C(O)C(O)CO)O3)C2O)C(O)C1O)C(O)/C=C/CCCCCCCCCCCCCCCCCCCCCCC. The van der Waals surface area contributed by atoms with E-state index in [2.05, 4.69) is 48.8 Å². The highest BCUT2D eigenvalue weighted by Gasteiger charge is 2.60. The van der Waals surface area contributed by atoms with Gasteiger partial charge in [0.25, 0.3) is 5.79 Å². The Kier molecular flexibility index (Phi) is 54.7. The van der Waals surface area contributed by atoms with E-state index < -0.39 is 155 Å². The van der Waals surface area contributed by atoms with E-state index in [0.717, 1.165) is 64.7 Å². The zero-order valence-electron chi connectivity index (χ0n) is 64.4. The van der Waals surface area contributed by atoms with E-state index in [4.69, 9.17) is 28.4 Å². The van der Waals surface area contributed by atoms with E-state index in [0.29, 0.717) is 12.8 Å². The van der Waals surface area contributed by atoms with Crippen LogP contribution < -0.4 is 10.6 Å². The second kappa shape index (κ2) is 59.8. The number of rotatable bonds is 65. The lowest BCUT2D eigenvalue weighted by Crippen LogP contribution is -2.70. The number of unbranched alkanes of at least 4 members (excludes halogenated alkanes) is 41. The molecule has 3 aliphatic heterocycles. The van der Waals surface area contributed by atoms with Crippen LogP contribution in [-0.4, -0.2) is 215 Å². The average molecular weight is 1490 g/mol. The van der Waals surface area contributed by atoms with Crippen LogP contribution in [0.4, 0.5) is 0 Å². The molecule has 2 amide bonds. The third-order valence-electron chi connectivity index (χ3n) is 20.8. The first-order valence-corrected chi connectivity index (χ1v) is 41.4. The van der Waals surface area contributed by atoms with E-state index in [-0.39, 0.29) is 12.3 Å². The molecule has 23 heteroatoms. The highest BCUT2D eigenvalue weighted by Crippen LogP contribution is 2.39. The first kappa shape index (κ1) is 95.2. The summed E-state index contributed by atoms with van der Waals surface area (Å²) in [7, 11) is 0. The van der Waals surface area contributed by atoms with Gasteiger partial charge in [0, 0.05) is 19.8 Å². The molecule has 3 fully saturated rings. The van der Waals surface area contributed by atoms with Crippen LogP contribution in [0, 0.1) is 0 Å². The summed E-state index contributed by atoms with van der Waals surface area (Å²) < 4.78 is 34.9. The third-order valence-corrected chi connectivity index (χ3v) is 20.8. The number of amides is 2. The zero-order chi connectivity index (χ0) is 76.0.